The fourth-order valence-electron chi connectivity index (χ4n) is 2.53. The van der Waals surface area contributed by atoms with Crippen molar-refractivity contribution >= 4 is 11.6 Å². The first-order chi connectivity index (χ1) is 9.63. The molecule has 2 aromatic carbocycles. The minimum atomic E-state index is -0.000933. The van der Waals surface area contributed by atoms with Gasteiger partial charge in [0.25, 0.3) is 5.91 Å². The number of aromatic hydroxyl groups is 1. The fourth-order valence-corrected chi connectivity index (χ4v) is 2.53. The number of phenols is 1. The molecule has 0 saturated heterocycles. The van der Waals surface area contributed by atoms with Crippen LogP contribution in [0.3, 0.4) is 0 Å². The number of phenolic OH excluding ortho intramolecular Hbond substituents is 1. The monoisotopic (exact) mass is 268 g/mol. The highest BCUT2D eigenvalue weighted by Gasteiger charge is 2.21. The Kier molecular flexibility index (Phi) is 3.06. The number of nitrogen functional groups attached to an aromatic ring is 1. The normalized spacial score (nSPS) is 13.9. The number of anilines is 1. The van der Waals surface area contributed by atoms with Gasteiger partial charge in [-0.05, 0) is 53.9 Å². The van der Waals surface area contributed by atoms with Crippen LogP contribution in [0, 0.1) is 0 Å². The molecule has 1 aliphatic rings. The van der Waals surface area contributed by atoms with Gasteiger partial charge in [-0.3, -0.25) is 4.79 Å². The Hall–Kier alpha value is -2.49. The fraction of sp³-hybridized carbons (Fsp3) is 0.188. The van der Waals surface area contributed by atoms with Crippen LogP contribution in [0.2, 0.25) is 0 Å². The van der Waals surface area contributed by atoms with Crippen molar-refractivity contribution in [2.75, 3.05) is 12.3 Å². The highest BCUT2D eigenvalue weighted by Crippen LogP contribution is 2.24. The Morgan fingerprint density at radius 2 is 1.85 bits per heavy atom. The summed E-state index contributed by atoms with van der Waals surface area (Å²) in [5, 5.41) is 9.54. The number of nitrogens with zero attached hydrogens (tertiary/aromatic N) is 1. The van der Waals surface area contributed by atoms with Gasteiger partial charge in [0.15, 0.2) is 0 Å². The average molecular weight is 268 g/mol. The van der Waals surface area contributed by atoms with E-state index in [9.17, 15) is 9.90 Å². The van der Waals surface area contributed by atoms with E-state index in [0.717, 1.165) is 12.0 Å². The van der Waals surface area contributed by atoms with Gasteiger partial charge in [0, 0.05) is 24.3 Å². The van der Waals surface area contributed by atoms with Gasteiger partial charge >= 0.3 is 0 Å². The number of benzene rings is 2. The molecule has 1 heterocycles. The van der Waals surface area contributed by atoms with Crippen molar-refractivity contribution in [1.29, 1.82) is 0 Å². The molecule has 4 heteroatoms. The topological polar surface area (TPSA) is 66.6 Å². The van der Waals surface area contributed by atoms with Crippen LogP contribution in [0.5, 0.6) is 5.75 Å². The summed E-state index contributed by atoms with van der Waals surface area (Å²) in [6.07, 6.45) is 0.816. The lowest BCUT2D eigenvalue weighted by molar-refractivity contribution is 0.0734. The van der Waals surface area contributed by atoms with Gasteiger partial charge in [0.2, 0.25) is 0 Å². The molecule has 0 spiro atoms. The van der Waals surface area contributed by atoms with Crippen LogP contribution in [-0.2, 0) is 13.0 Å². The number of nitrogens with two attached hydrogens (primary N) is 1. The number of hydrogen-bond donors (Lipinski definition) is 2. The first-order valence-electron chi connectivity index (χ1n) is 6.59. The second kappa shape index (κ2) is 4.89. The lowest BCUT2D eigenvalue weighted by atomic mass is 9.99. The third kappa shape index (κ3) is 2.32. The molecule has 0 fully saturated rings. The van der Waals surface area contributed by atoms with E-state index in [1.165, 1.54) is 5.56 Å². The summed E-state index contributed by atoms with van der Waals surface area (Å²) in [4.78, 5) is 14.2. The summed E-state index contributed by atoms with van der Waals surface area (Å²) in [7, 11) is 0. The molecule has 0 aliphatic carbocycles. The number of carbonyl (C=O) groups is 1. The largest absolute Gasteiger partial charge is 0.508 e. The van der Waals surface area contributed by atoms with Gasteiger partial charge in [-0.25, -0.2) is 0 Å². The summed E-state index contributed by atoms with van der Waals surface area (Å²) in [5.41, 5.74) is 9.13. The van der Waals surface area contributed by atoms with E-state index < -0.39 is 0 Å². The van der Waals surface area contributed by atoms with E-state index in [-0.39, 0.29) is 11.7 Å². The number of carbonyl (C=O) groups excluding carboxylic acids is 1. The molecule has 0 atom stereocenters. The molecule has 102 valence electrons. The van der Waals surface area contributed by atoms with Gasteiger partial charge in [-0.15, -0.1) is 0 Å². The van der Waals surface area contributed by atoms with Gasteiger partial charge in [-0.2, -0.15) is 0 Å². The molecule has 0 bridgehead atoms. The number of hydrogen-bond acceptors (Lipinski definition) is 3. The van der Waals surface area contributed by atoms with E-state index in [4.69, 9.17) is 5.73 Å². The van der Waals surface area contributed by atoms with Crippen molar-refractivity contribution in [2.45, 2.75) is 13.0 Å². The summed E-state index contributed by atoms with van der Waals surface area (Å²) in [6.45, 7) is 1.23. The molecule has 0 unspecified atom stereocenters. The van der Waals surface area contributed by atoms with Gasteiger partial charge in [-0.1, -0.05) is 6.07 Å². The summed E-state index contributed by atoms with van der Waals surface area (Å²) >= 11 is 0. The molecule has 0 radical (unpaired) electrons. The van der Waals surface area contributed by atoms with E-state index in [2.05, 4.69) is 0 Å². The highest BCUT2D eigenvalue weighted by molar-refractivity contribution is 5.94. The summed E-state index contributed by atoms with van der Waals surface area (Å²) in [6, 6.07) is 12.3. The van der Waals surface area contributed by atoms with Crippen molar-refractivity contribution in [3.8, 4) is 5.75 Å². The van der Waals surface area contributed by atoms with Crippen molar-refractivity contribution in [2.24, 2.45) is 0 Å². The van der Waals surface area contributed by atoms with Gasteiger partial charge in [0.05, 0.1) is 0 Å². The van der Waals surface area contributed by atoms with Crippen LogP contribution in [0.4, 0.5) is 5.69 Å². The zero-order chi connectivity index (χ0) is 14.1. The number of fused-ring (bicyclic) bond motifs is 1. The van der Waals surface area contributed by atoms with Gasteiger partial charge in [0.1, 0.15) is 5.75 Å². The van der Waals surface area contributed by atoms with Crippen molar-refractivity contribution < 1.29 is 9.90 Å². The third-order valence-electron chi connectivity index (χ3n) is 3.65. The maximum absolute atomic E-state index is 12.4. The minimum Gasteiger partial charge on any atom is -0.508 e. The second-order valence-electron chi connectivity index (χ2n) is 5.05. The minimum absolute atomic E-state index is 0.000933. The first kappa shape index (κ1) is 12.5. The maximum Gasteiger partial charge on any atom is 0.254 e. The van der Waals surface area contributed by atoms with E-state index in [1.54, 1.807) is 41.3 Å². The first-order valence-corrected chi connectivity index (χ1v) is 6.59. The average Bonchev–Trinajstić information content (AvgIpc) is 2.46. The molecular weight excluding hydrogens is 252 g/mol. The third-order valence-corrected chi connectivity index (χ3v) is 3.65. The molecular formula is C16H16N2O2. The van der Waals surface area contributed by atoms with E-state index in [1.807, 2.05) is 6.07 Å². The van der Waals surface area contributed by atoms with Crippen LogP contribution >= 0.6 is 0 Å². The SMILES string of the molecule is Nc1ccc(C(=O)N2CCc3ccc(O)cc3C2)cc1. The molecule has 20 heavy (non-hydrogen) atoms. The molecule has 4 nitrogen and oxygen atoms in total. The predicted molar refractivity (Wildman–Crippen MR) is 77.4 cm³/mol. The number of amides is 1. The van der Waals surface area contributed by atoms with Crippen LogP contribution in [0.25, 0.3) is 0 Å². The van der Waals surface area contributed by atoms with Crippen molar-refractivity contribution in [3.63, 3.8) is 0 Å². The molecule has 0 saturated carbocycles. The molecule has 3 rings (SSSR count). The number of rotatable bonds is 1. The molecule has 2 aromatic rings. The Labute approximate surface area is 117 Å². The lowest BCUT2D eigenvalue weighted by Crippen LogP contribution is -2.35. The molecule has 3 N–H and O–H groups in total. The predicted octanol–water partition coefficient (Wildman–Crippen LogP) is 2.17. The van der Waals surface area contributed by atoms with Gasteiger partial charge < -0.3 is 15.7 Å². The molecule has 1 aliphatic heterocycles. The van der Waals surface area contributed by atoms with Crippen LogP contribution in [0.1, 0.15) is 21.5 Å². The van der Waals surface area contributed by atoms with Crippen LogP contribution < -0.4 is 5.73 Å². The zero-order valence-electron chi connectivity index (χ0n) is 11.0. The smallest absolute Gasteiger partial charge is 0.254 e. The summed E-state index contributed by atoms with van der Waals surface area (Å²) in [5.74, 6) is 0.240. The second-order valence-corrected chi connectivity index (χ2v) is 5.05. The van der Waals surface area contributed by atoms with E-state index in [0.29, 0.717) is 24.3 Å². The lowest BCUT2D eigenvalue weighted by Gasteiger charge is -2.29. The standard InChI is InChI=1S/C16H16N2O2/c17-14-4-1-12(2-5-14)16(20)18-8-7-11-3-6-15(19)9-13(11)10-18/h1-6,9,19H,7-8,10,17H2. The Bertz CT molecular complexity index is 650. The molecule has 0 aromatic heterocycles. The van der Waals surface area contributed by atoms with E-state index >= 15 is 0 Å². The van der Waals surface area contributed by atoms with Crippen molar-refractivity contribution in [1.82, 2.24) is 4.90 Å². The quantitative estimate of drug-likeness (QED) is 0.779. The van der Waals surface area contributed by atoms with Crippen LogP contribution in [0.15, 0.2) is 42.5 Å². The Morgan fingerprint density at radius 3 is 2.60 bits per heavy atom. The maximum atomic E-state index is 12.4. The Balaban J connectivity index is 1.82. The van der Waals surface area contributed by atoms with Crippen LogP contribution in [-0.4, -0.2) is 22.5 Å². The van der Waals surface area contributed by atoms with Crippen molar-refractivity contribution in [3.05, 3.63) is 59.2 Å². The zero-order valence-corrected chi connectivity index (χ0v) is 11.0. The highest BCUT2D eigenvalue weighted by atomic mass is 16.3. The summed E-state index contributed by atoms with van der Waals surface area (Å²) < 4.78 is 0. The molecule has 1 amide bonds. The Morgan fingerprint density at radius 1 is 1.10 bits per heavy atom.